The van der Waals surface area contributed by atoms with Crippen LogP contribution in [0.5, 0.6) is 0 Å². The highest BCUT2D eigenvalue weighted by Gasteiger charge is 2.32. The first kappa shape index (κ1) is 15.6. The van der Waals surface area contributed by atoms with Crippen LogP contribution in [-0.4, -0.2) is 26.6 Å². The Hall–Kier alpha value is -2.88. The third kappa shape index (κ3) is 3.79. The molecule has 3 aromatic rings. The van der Waals surface area contributed by atoms with E-state index in [4.69, 9.17) is 0 Å². The van der Waals surface area contributed by atoms with E-state index < -0.39 is 0 Å². The number of amides is 1. The number of carbonyl (C=O) groups is 1. The van der Waals surface area contributed by atoms with Crippen LogP contribution in [0.25, 0.3) is 5.69 Å². The van der Waals surface area contributed by atoms with Gasteiger partial charge in [0.05, 0.1) is 12.1 Å². The Morgan fingerprint density at radius 2 is 1.76 bits per heavy atom. The minimum absolute atomic E-state index is 0.207. The smallest absolute Gasteiger partial charge is 0.227 e. The van der Waals surface area contributed by atoms with Gasteiger partial charge in [0.1, 0.15) is 0 Å². The van der Waals surface area contributed by atoms with Crippen LogP contribution in [0, 0.1) is 0 Å². The molecular formula is C21H21N3O. The van der Waals surface area contributed by atoms with E-state index in [9.17, 15) is 4.79 Å². The lowest BCUT2D eigenvalue weighted by Gasteiger charge is -2.23. The Bertz CT molecular complexity index is 821. The van der Waals surface area contributed by atoms with Crippen molar-refractivity contribution < 1.29 is 4.79 Å². The highest BCUT2D eigenvalue weighted by Crippen LogP contribution is 2.29. The summed E-state index contributed by atoms with van der Waals surface area (Å²) in [4.78, 5) is 14.9. The van der Waals surface area contributed by atoms with Crippen LogP contribution >= 0.6 is 0 Å². The average molecular weight is 331 g/mol. The van der Waals surface area contributed by atoms with Crippen LogP contribution < -0.4 is 0 Å². The fourth-order valence-corrected chi connectivity index (χ4v) is 3.05. The fourth-order valence-electron chi connectivity index (χ4n) is 3.05. The highest BCUT2D eigenvalue weighted by atomic mass is 16.2. The number of hydrogen-bond donors (Lipinski definition) is 0. The topological polar surface area (TPSA) is 38.1 Å². The summed E-state index contributed by atoms with van der Waals surface area (Å²) >= 11 is 0. The van der Waals surface area contributed by atoms with Gasteiger partial charge in [0, 0.05) is 25.0 Å². The molecule has 0 spiro atoms. The van der Waals surface area contributed by atoms with Gasteiger partial charge in [-0.25, -0.2) is 4.68 Å². The third-order valence-electron chi connectivity index (χ3n) is 4.56. The summed E-state index contributed by atoms with van der Waals surface area (Å²) in [6.45, 7) is 0.704. The van der Waals surface area contributed by atoms with Gasteiger partial charge in [-0.2, -0.15) is 5.10 Å². The van der Waals surface area contributed by atoms with Gasteiger partial charge in [-0.05, 0) is 42.2 Å². The quantitative estimate of drug-likeness (QED) is 0.692. The predicted octanol–water partition coefficient (Wildman–Crippen LogP) is 3.61. The zero-order chi connectivity index (χ0) is 17.1. The number of aromatic nitrogens is 2. The van der Waals surface area contributed by atoms with E-state index in [1.165, 1.54) is 5.56 Å². The van der Waals surface area contributed by atoms with Crippen LogP contribution in [-0.2, 0) is 17.8 Å². The van der Waals surface area contributed by atoms with Crippen LogP contribution in [0.1, 0.15) is 24.0 Å². The molecule has 4 heteroatoms. The van der Waals surface area contributed by atoms with E-state index >= 15 is 0 Å². The molecule has 0 aliphatic heterocycles. The molecule has 1 fully saturated rings. The van der Waals surface area contributed by atoms with Crippen molar-refractivity contribution in [3.8, 4) is 5.69 Å². The summed E-state index contributed by atoms with van der Waals surface area (Å²) in [7, 11) is 0. The van der Waals surface area contributed by atoms with Crippen LogP contribution in [0.2, 0.25) is 0 Å². The normalized spacial score (nSPS) is 13.6. The molecule has 25 heavy (non-hydrogen) atoms. The number of hydrogen-bond acceptors (Lipinski definition) is 2. The standard InChI is InChI=1S/C21H21N3O/c25-21(23(19-11-12-19)16-18-5-2-1-3-6-18)15-17-7-9-20(10-8-17)24-14-4-13-22-24/h1-10,13-14,19H,11-12,15-16H2. The molecule has 0 atom stereocenters. The molecule has 1 saturated carbocycles. The van der Waals surface area contributed by atoms with Crippen molar-refractivity contribution in [2.45, 2.75) is 31.8 Å². The zero-order valence-corrected chi connectivity index (χ0v) is 14.1. The minimum atomic E-state index is 0.207. The average Bonchev–Trinajstić information content (AvgIpc) is 3.34. The molecule has 0 radical (unpaired) electrons. The van der Waals surface area contributed by atoms with Crippen molar-refractivity contribution in [2.75, 3.05) is 0 Å². The Morgan fingerprint density at radius 1 is 1.00 bits per heavy atom. The Balaban J connectivity index is 1.44. The summed E-state index contributed by atoms with van der Waals surface area (Å²) in [6.07, 6.45) is 6.36. The maximum Gasteiger partial charge on any atom is 0.227 e. The van der Waals surface area contributed by atoms with Crippen LogP contribution in [0.4, 0.5) is 0 Å². The van der Waals surface area contributed by atoms with Gasteiger partial charge >= 0.3 is 0 Å². The molecule has 0 unspecified atom stereocenters. The van der Waals surface area contributed by atoms with Gasteiger partial charge < -0.3 is 4.90 Å². The molecule has 4 nitrogen and oxygen atoms in total. The second-order valence-electron chi connectivity index (χ2n) is 6.53. The van der Waals surface area contributed by atoms with E-state index in [0.717, 1.165) is 24.1 Å². The zero-order valence-electron chi connectivity index (χ0n) is 14.1. The lowest BCUT2D eigenvalue weighted by atomic mass is 10.1. The maximum absolute atomic E-state index is 12.8. The van der Waals surface area contributed by atoms with Gasteiger partial charge in [-0.3, -0.25) is 4.79 Å². The first-order valence-corrected chi connectivity index (χ1v) is 8.72. The van der Waals surface area contributed by atoms with Gasteiger partial charge in [0.2, 0.25) is 5.91 Å². The number of nitrogens with zero attached hydrogens (tertiary/aromatic N) is 3. The molecule has 1 aliphatic carbocycles. The molecule has 1 heterocycles. The van der Waals surface area contributed by atoms with Crippen molar-refractivity contribution in [2.24, 2.45) is 0 Å². The first-order valence-electron chi connectivity index (χ1n) is 8.72. The maximum atomic E-state index is 12.8. The Morgan fingerprint density at radius 3 is 2.40 bits per heavy atom. The molecule has 1 amide bonds. The monoisotopic (exact) mass is 331 g/mol. The fraction of sp³-hybridized carbons (Fsp3) is 0.238. The molecule has 0 saturated heterocycles. The lowest BCUT2D eigenvalue weighted by molar-refractivity contribution is -0.131. The molecular weight excluding hydrogens is 310 g/mol. The second-order valence-corrected chi connectivity index (χ2v) is 6.53. The van der Waals surface area contributed by atoms with Gasteiger partial charge in [0.25, 0.3) is 0 Å². The van der Waals surface area contributed by atoms with Crippen LogP contribution in [0.15, 0.2) is 73.1 Å². The largest absolute Gasteiger partial charge is 0.335 e. The lowest BCUT2D eigenvalue weighted by Crippen LogP contribution is -2.33. The molecule has 126 valence electrons. The summed E-state index contributed by atoms with van der Waals surface area (Å²) in [5, 5.41) is 4.23. The van der Waals surface area contributed by atoms with Crippen molar-refractivity contribution in [1.29, 1.82) is 0 Å². The Kier molecular flexibility index (Phi) is 4.34. The minimum Gasteiger partial charge on any atom is -0.335 e. The van der Waals surface area contributed by atoms with Gasteiger partial charge in [-0.15, -0.1) is 0 Å². The van der Waals surface area contributed by atoms with E-state index in [0.29, 0.717) is 19.0 Å². The van der Waals surface area contributed by atoms with Gasteiger partial charge in [-0.1, -0.05) is 42.5 Å². The molecule has 1 aliphatic rings. The SMILES string of the molecule is O=C(Cc1ccc(-n2cccn2)cc1)N(Cc1ccccc1)C1CC1. The van der Waals surface area contributed by atoms with Crippen molar-refractivity contribution >= 4 is 5.91 Å². The number of carbonyl (C=O) groups excluding carboxylic acids is 1. The summed E-state index contributed by atoms with van der Waals surface area (Å²) < 4.78 is 1.82. The molecule has 4 rings (SSSR count). The summed E-state index contributed by atoms with van der Waals surface area (Å²) in [5.41, 5.74) is 3.24. The first-order chi connectivity index (χ1) is 12.3. The highest BCUT2D eigenvalue weighted by molar-refractivity contribution is 5.79. The van der Waals surface area contributed by atoms with Gasteiger partial charge in [0.15, 0.2) is 0 Å². The van der Waals surface area contributed by atoms with E-state index in [-0.39, 0.29) is 5.91 Å². The van der Waals surface area contributed by atoms with Crippen molar-refractivity contribution in [3.05, 3.63) is 84.2 Å². The molecule has 2 aromatic carbocycles. The van der Waals surface area contributed by atoms with Crippen molar-refractivity contribution in [3.63, 3.8) is 0 Å². The number of rotatable bonds is 6. The van der Waals surface area contributed by atoms with Crippen molar-refractivity contribution in [1.82, 2.24) is 14.7 Å². The van der Waals surface area contributed by atoms with E-state index in [1.807, 2.05) is 64.3 Å². The van der Waals surface area contributed by atoms with Crippen LogP contribution in [0.3, 0.4) is 0 Å². The molecule has 0 N–H and O–H groups in total. The predicted molar refractivity (Wildman–Crippen MR) is 97.3 cm³/mol. The summed E-state index contributed by atoms with van der Waals surface area (Å²) in [6, 6.07) is 20.6. The summed E-state index contributed by atoms with van der Waals surface area (Å²) in [5.74, 6) is 0.207. The molecule has 0 bridgehead atoms. The molecule has 1 aromatic heterocycles. The third-order valence-corrected chi connectivity index (χ3v) is 4.56. The Labute approximate surface area is 147 Å². The van der Waals surface area contributed by atoms with E-state index in [1.54, 1.807) is 6.20 Å². The van der Waals surface area contributed by atoms with E-state index in [2.05, 4.69) is 17.2 Å². The number of benzene rings is 2. The second kappa shape index (κ2) is 6.93.